The van der Waals surface area contributed by atoms with E-state index in [0.29, 0.717) is 41.4 Å². The minimum absolute atomic E-state index is 0. The number of hydrazine groups is 1. The fourth-order valence-electron chi connectivity index (χ4n) is 4.10. The number of hydrogen-bond acceptors (Lipinski definition) is 8. The van der Waals surface area contributed by atoms with E-state index >= 15 is 0 Å². The lowest BCUT2D eigenvalue weighted by molar-refractivity contribution is 0.0247. The van der Waals surface area contributed by atoms with Crippen LogP contribution < -0.4 is 21.3 Å². The molecule has 0 spiro atoms. The molecule has 2 aromatic rings. The molecule has 0 unspecified atom stereocenters. The van der Waals surface area contributed by atoms with Crippen molar-refractivity contribution in [3.05, 3.63) is 76.5 Å². The van der Waals surface area contributed by atoms with E-state index in [1.807, 2.05) is 25.1 Å². The zero-order valence-electron chi connectivity index (χ0n) is 20.7. The summed E-state index contributed by atoms with van der Waals surface area (Å²) in [5, 5.41) is 30.5. The highest BCUT2D eigenvalue weighted by molar-refractivity contribution is 6.34. The van der Waals surface area contributed by atoms with Gasteiger partial charge in [0.25, 0.3) is 0 Å². The summed E-state index contributed by atoms with van der Waals surface area (Å²) in [6.45, 7) is 4.95. The number of anilines is 1. The van der Waals surface area contributed by atoms with Gasteiger partial charge in [-0.2, -0.15) is 5.26 Å². The van der Waals surface area contributed by atoms with Crippen LogP contribution in [0.1, 0.15) is 43.0 Å². The van der Waals surface area contributed by atoms with Crippen molar-refractivity contribution >= 4 is 27.1 Å². The third-order valence-corrected chi connectivity index (χ3v) is 6.17. The minimum Gasteiger partial charge on any atom is -0.510 e. The molecule has 0 aliphatic carbocycles. The lowest BCUT2D eigenvalue weighted by atomic mass is 9.82. The molecule has 1 heterocycles. The number of hydrogen-bond donors (Lipinski definition) is 4. The Morgan fingerprint density at radius 3 is 2.68 bits per heavy atom. The number of nitrogens with zero attached hydrogens (tertiary/aromatic N) is 3. The molecule has 10 heteroatoms. The molecular weight excluding hydrogens is 464 g/mol. The average Bonchev–Trinajstić information content (AvgIpc) is 2.84. The first-order valence-electron chi connectivity index (χ1n) is 11.6. The Morgan fingerprint density at radius 1 is 1.32 bits per heavy atom. The quantitative estimate of drug-likeness (QED) is 0.178. The fourth-order valence-corrected chi connectivity index (χ4v) is 4.10. The van der Waals surface area contributed by atoms with Crippen LogP contribution in [0.15, 0.2) is 54.2 Å². The third-order valence-electron chi connectivity index (χ3n) is 6.17. The average molecular weight is 499 g/mol. The van der Waals surface area contributed by atoms with Crippen LogP contribution in [0.3, 0.4) is 0 Å². The van der Waals surface area contributed by atoms with Crippen molar-refractivity contribution in [2.24, 2.45) is 11.6 Å². The van der Waals surface area contributed by atoms with Crippen LogP contribution in [0, 0.1) is 18.3 Å². The Bertz CT molecular complexity index is 1190. The van der Waals surface area contributed by atoms with Crippen molar-refractivity contribution in [3.8, 4) is 11.8 Å². The molecule has 0 amide bonds. The SMILES string of the molecule is C.[B]C([B])Oc1cc(/C(N)=C/N(N)c2ccc(C#N)cc2C)ccc1CN1CCC=C([C@](C)(O)CO)C1. The third kappa shape index (κ3) is 7.63. The van der Waals surface area contributed by atoms with Gasteiger partial charge in [-0.05, 0) is 55.7 Å². The van der Waals surface area contributed by atoms with Crippen LogP contribution in [0.2, 0.25) is 0 Å². The van der Waals surface area contributed by atoms with Crippen LogP contribution >= 0.6 is 0 Å². The molecule has 2 aromatic carbocycles. The molecule has 0 fully saturated rings. The number of nitriles is 1. The van der Waals surface area contributed by atoms with Crippen LogP contribution in [-0.4, -0.2) is 62.0 Å². The topological polar surface area (TPSA) is 132 Å². The van der Waals surface area contributed by atoms with Gasteiger partial charge in [0.15, 0.2) is 0 Å². The number of aliphatic hydroxyl groups excluding tert-OH is 1. The van der Waals surface area contributed by atoms with E-state index in [2.05, 4.69) is 11.0 Å². The van der Waals surface area contributed by atoms with Gasteiger partial charge in [-0.1, -0.05) is 25.6 Å². The van der Waals surface area contributed by atoms with Crippen molar-refractivity contribution in [2.75, 3.05) is 24.7 Å². The number of benzene rings is 2. The summed E-state index contributed by atoms with van der Waals surface area (Å²) < 4.78 is 5.69. The van der Waals surface area contributed by atoms with Crippen molar-refractivity contribution in [2.45, 2.75) is 45.7 Å². The summed E-state index contributed by atoms with van der Waals surface area (Å²) in [5.41, 5.74) is 9.88. The highest BCUT2D eigenvalue weighted by atomic mass is 16.5. The van der Waals surface area contributed by atoms with Gasteiger partial charge in [0, 0.05) is 42.9 Å². The number of ether oxygens (including phenoxy) is 1. The number of nitrogens with two attached hydrogens (primary N) is 2. The van der Waals surface area contributed by atoms with E-state index in [-0.39, 0.29) is 14.0 Å². The van der Waals surface area contributed by atoms with Gasteiger partial charge in [-0.15, -0.1) is 0 Å². The van der Waals surface area contributed by atoms with Gasteiger partial charge in [0.2, 0.25) is 0 Å². The first-order valence-corrected chi connectivity index (χ1v) is 11.6. The number of aliphatic hydroxyl groups is 2. The first kappa shape index (κ1) is 30.0. The maximum absolute atomic E-state index is 10.4. The number of rotatable bonds is 9. The highest BCUT2D eigenvalue weighted by Crippen LogP contribution is 2.29. The summed E-state index contributed by atoms with van der Waals surface area (Å²) in [6, 6.07) is 12.8. The second kappa shape index (κ2) is 12.8. The molecule has 1 atom stereocenters. The van der Waals surface area contributed by atoms with E-state index in [0.717, 1.165) is 29.7 Å². The molecule has 0 aromatic heterocycles. The second-order valence-electron chi connectivity index (χ2n) is 9.17. The predicted molar refractivity (Wildman–Crippen MR) is 150 cm³/mol. The molecule has 0 saturated heterocycles. The lowest BCUT2D eigenvalue weighted by Crippen LogP contribution is -2.40. The van der Waals surface area contributed by atoms with E-state index in [1.165, 1.54) is 5.01 Å². The molecule has 1 aliphatic rings. The maximum Gasteiger partial charge on any atom is 0.122 e. The standard InChI is InChI=1S/C26H31B2N5O3.CH4/c1-17-10-18(12-29)5-8-23(17)33(31)15-22(30)19-6-7-20(24(11-19)36-25(27)28)13-32-9-3-4-21(14-32)26(2,35)16-34;/h4-8,10-11,15,25,34-35H,3,9,13-14,16,30-31H2,1-2H3;1H4/b22-15-;/t26-;/m1./s1. The minimum atomic E-state index is -1.26. The van der Waals surface area contributed by atoms with E-state index in [9.17, 15) is 10.2 Å². The summed E-state index contributed by atoms with van der Waals surface area (Å²) in [5.74, 6) is 5.69. The number of aryl methyl sites for hydroxylation is 1. The monoisotopic (exact) mass is 499 g/mol. The molecule has 3 rings (SSSR count). The smallest absolute Gasteiger partial charge is 0.122 e. The zero-order chi connectivity index (χ0) is 26.5. The molecule has 8 nitrogen and oxygen atoms in total. The summed E-state index contributed by atoms with van der Waals surface area (Å²) in [4.78, 5) is 2.15. The lowest BCUT2D eigenvalue weighted by Gasteiger charge is -2.34. The Hall–Kier alpha value is -3.22. The van der Waals surface area contributed by atoms with Crippen molar-refractivity contribution in [3.63, 3.8) is 0 Å². The van der Waals surface area contributed by atoms with Crippen molar-refractivity contribution in [1.82, 2.24) is 4.90 Å². The Balaban J connectivity index is 0.00000481. The van der Waals surface area contributed by atoms with Crippen LogP contribution in [0.25, 0.3) is 5.70 Å². The van der Waals surface area contributed by atoms with Gasteiger partial charge in [0.05, 0.1) is 29.6 Å². The second-order valence-corrected chi connectivity index (χ2v) is 9.17. The van der Waals surface area contributed by atoms with Gasteiger partial charge in [-0.3, -0.25) is 9.91 Å². The molecule has 37 heavy (non-hydrogen) atoms. The summed E-state index contributed by atoms with van der Waals surface area (Å²) in [6.07, 6.45) is 4.32. The Labute approximate surface area is 222 Å². The predicted octanol–water partition coefficient (Wildman–Crippen LogP) is 2.01. The molecule has 0 saturated carbocycles. The molecule has 6 N–H and O–H groups in total. The van der Waals surface area contributed by atoms with Crippen LogP contribution in [-0.2, 0) is 6.54 Å². The summed E-state index contributed by atoms with van der Waals surface area (Å²) in [7, 11) is 11.4. The molecule has 4 radical (unpaired) electrons. The summed E-state index contributed by atoms with van der Waals surface area (Å²) >= 11 is 0. The van der Waals surface area contributed by atoms with Gasteiger partial charge >= 0.3 is 0 Å². The van der Waals surface area contributed by atoms with Gasteiger partial charge in [-0.25, -0.2) is 5.84 Å². The zero-order valence-corrected chi connectivity index (χ0v) is 20.7. The highest BCUT2D eigenvalue weighted by Gasteiger charge is 2.28. The van der Waals surface area contributed by atoms with Crippen molar-refractivity contribution < 1.29 is 14.9 Å². The van der Waals surface area contributed by atoms with Gasteiger partial charge in [0.1, 0.15) is 27.0 Å². The van der Waals surface area contributed by atoms with Crippen LogP contribution in [0.4, 0.5) is 5.69 Å². The van der Waals surface area contributed by atoms with Crippen molar-refractivity contribution in [1.29, 1.82) is 5.26 Å². The van der Waals surface area contributed by atoms with E-state index < -0.39 is 11.5 Å². The molecule has 1 aliphatic heterocycles. The maximum atomic E-state index is 10.4. The van der Waals surface area contributed by atoms with E-state index in [4.69, 9.17) is 37.3 Å². The fraction of sp³-hybridized carbons (Fsp3) is 0.370. The van der Waals surface area contributed by atoms with Gasteiger partial charge < -0.3 is 20.7 Å². The Kier molecular flexibility index (Phi) is 10.4. The Morgan fingerprint density at radius 2 is 2.05 bits per heavy atom. The first-order chi connectivity index (χ1) is 17.0. The normalized spacial score (nSPS) is 15.8. The largest absolute Gasteiger partial charge is 0.510 e. The molecule has 192 valence electrons. The van der Waals surface area contributed by atoms with E-state index in [1.54, 1.807) is 37.4 Å². The molecular formula is C27H35B2N5O3. The van der Waals surface area contributed by atoms with Crippen LogP contribution in [0.5, 0.6) is 5.75 Å². The molecule has 0 bridgehead atoms.